The van der Waals surface area contributed by atoms with E-state index in [1.807, 2.05) is 0 Å². The van der Waals surface area contributed by atoms with Gasteiger partial charge in [-0.25, -0.2) is 9.78 Å². The highest BCUT2D eigenvalue weighted by atomic mass is 32.2. The molecule has 2 atom stereocenters. The number of rotatable bonds is 9. The van der Waals surface area contributed by atoms with Gasteiger partial charge in [-0.2, -0.15) is 10.3 Å². The fourth-order valence-corrected chi connectivity index (χ4v) is 6.18. The summed E-state index contributed by atoms with van der Waals surface area (Å²) in [5, 5.41) is 33.1. The van der Waals surface area contributed by atoms with Gasteiger partial charge in [0.1, 0.15) is 22.1 Å². The van der Waals surface area contributed by atoms with Crippen molar-refractivity contribution in [1.29, 1.82) is 0 Å². The topological polar surface area (TPSA) is 204 Å². The Morgan fingerprint density at radius 3 is 2.79 bits per heavy atom. The maximum absolute atomic E-state index is 12.9. The fourth-order valence-electron chi connectivity index (χ4n) is 3.35. The van der Waals surface area contributed by atoms with Crippen LogP contribution in [0.1, 0.15) is 12.1 Å². The smallest absolute Gasteiger partial charge is 0.352 e. The van der Waals surface area contributed by atoms with E-state index in [-0.39, 0.29) is 22.1 Å². The predicted octanol–water partition coefficient (Wildman–Crippen LogP) is 0.232. The van der Waals surface area contributed by atoms with E-state index in [1.165, 1.54) is 46.1 Å². The van der Waals surface area contributed by atoms with Gasteiger partial charge in [-0.15, -0.1) is 28.2 Å². The number of H-pyrrole nitrogens is 1. The van der Waals surface area contributed by atoms with Gasteiger partial charge >= 0.3 is 11.9 Å². The van der Waals surface area contributed by atoms with E-state index in [0.717, 1.165) is 11.3 Å². The van der Waals surface area contributed by atoms with Crippen molar-refractivity contribution in [1.82, 2.24) is 30.6 Å². The van der Waals surface area contributed by atoms with Crippen LogP contribution in [0.5, 0.6) is 0 Å². The lowest BCUT2D eigenvalue weighted by Crippen LogP contribution is -2.70. The van der Waals surface area contributed by atoms with Crippen LogP contribution >= 0.6 is 34.9 Å². The average Bonchev–Trinajstić information content (AvgIpc) is 3.47. The molecule has 0 bridgehead atoms. The van der Waals surface area contributed by atoms with Crippen LogP contribution in [0, 0.1) is 0 Å². The number of fused-ring (bicyclic) bond motifs is 1. The number of nitrogens with one attached hydrogen (secondary N) is 2. The monoisotopic (exact) mass is 523 g/mol. The maximum atomic E-state index is 12.9. The zero-order valence-electron chi connectivity index (χ0n) is 17.1. The maximum Gasteiger partial charge on any atom is 0.352 e. The van der Waals surface area contributed by atoms with Gasteiger partial charge in [0.25, 0.3) is 11.8 Å². The number of carboxylic acids is 2. The van der Waals surface area contributed by atoms with E-state index in [4.69, 9.17) is 10.8 Å². The number of aromatic nitrogens is 4. The number of nitrogens with zero attached hydrogens (tertiary/aromatic N) is 4. The largest absolute Gasteiger partial charge is 0.481 e. The Labute approximate surface area is 203 Å². The lowest BCUT2D eigenvalue weighted by Gasteiger charge is -2.49. The first-order chi connectivity index (χ1) is 16.3. The van der Waals surface area contributed by atoms with Crippen molar-refractivity contribution in [3.63, 3.8) is 0 Å². The molecule has 0 aliphatic carbocycles. The fraction of sp³-hybridized carbons (Fsp3) is 0.278. The summed E-state index contributed by atoms with van der Waals surface area (Å²) in [5.74, 6) is -2.99. The minimum atomic E-state index is -1.24. The molecule has 2 aliphatic rings. The number of carbonyl (C=O) groups is 4. The van der Waals surface area contributed by atoms with Crippen LogP contribution in [0.15, 0.2) is 33.9 Å². The molecule has 1 fully saturated rings. The van der Waals surface area contributed by atoms with Crippen LogP contribution in [0.4, 0.5) is 5.13 Å². The molecule has 0 unspecified atom stereocenters. The van der Waals surface area contributed by atoms with Gasteiger partial charge in [0.2, 0.25) is 0 Å². The third kappa shape index (κ3) is 4.78. The summed E-state index contributed by atoms with van der Waals surface area (Å²) < 4.78 is 0. The molecule has 2 amide bonds. The Bertz CT molecular complexity index is 1210. The molecule has 4 rings (SSSR count). The van der Waals surface area contributed by atoms with Crippen molar-refractivity contribution >= 4 is 69.3 Å². The second-order valence-electron chi connectivity index (χ2n) is 7.00. The number of nitrogens with two attached hydrogens (primary N) is 1. The van der Waals surface area contributed by atoms with E-state index in [0.29, 0.717) is 22.1 Å². The summed E-state index contributed by atoms with van der Waals surface area (Å²) in [7, 11) is 0. The van der Waals surface area contributed by atoms with E-state index in [1.54, 1.807) is 0 Å². The molecule has 16 heteroatoms. The minimum Gasteiger partial charge on any atom is -0.481 e. The van der Waals surface area contributed by atoms with Crippen LogP contribution in [0.3, 0.4) is 0 Å². The number of thioether (sulfide) groups is 2. The normalized spacial score (nSPS) is 20.1. The van der Waals surface area contributed by atoms with Crippen molar-refractivity contribution in [3.05, 3.63) is 34.6 Å². The number of thiazole rings is 1. The molecule has 0 spiro atoms. The third-order valence-electron chi connectivity index (χ3n) is 4.85. The van der Waals surface area contributed by atoms with Crippen molar-refractivity contribution in [2.45, 2.75) is 22.9 Å². The van der Waals surface area contributed by atoms with Crippen LogP contribution in [-0.2, 0) is 19.2 Å². The molecular formula is C18H17N7O6S3. The van der Waals surface area contributed by atoms with Crippen LogP contribution < -0.4 is 11.1 Å². The van der Waals surface area contributed by atoms with E-state index in [9.17, 15) is 24.3 Å². The summed E-state index contributed by atoms with van der Waals surface area (Å²) >= 11 is 3.70. The van der Waals surface area contributed by atoms with Crippen molar-refractivity contribution in [2.24, 2.45) is 0 Å². The molecular weight excluding hydrogens is 506 g/mol. The molecule has 2 aliphatic heterocycles. The SMILES string of the molecule is Nc1nc(C(=CCC(=O)O)C(=O)N[C@@H]2C(=O)N3C(C(=O)O)=C(CSc4cn[nH]n4)CS[C@@H]23)cs1. The molecule has 0 radical (unpaired) electrons. The van der Waals surface area contributed by atoms with Gasteiger partial charge in [-0.3, -0.25) is 19.3 Å². The number of amides is 2. The van der Waals surface area contributed by atoms with E-state index >= 15 is 0 Å². The Hall–Kier alpha value is -3.37. The Kier molecular flexibility index (Phi) is 6.90. The molecule has 6 N–H and O–H groups in total. The highest BCUT2D eigenvalue weighted by molar-refractivity contribution is 8.01. The molecule has 0 aromatic carbocycles. The van der Waals surface area contributed by atoms with Gasteiger partial charge in [-0.05, 0) is 5.57 Å². The molecule has 2 aromatic heterocycles. The number of anilines is 1. The molecule has 0 saturated carbocycles. The van der Waals surface area contributed by atoms with Crippen molar-refractivity contribution < 1.29 is 29.4 Å². The molecule has 1 saturated heterocycles. The molecule has 34 heavy (non-hydrogen) atoms. The zero-order valence-corrected chi connectivity index (χ0v) is 19.6. The number of carboxylic acid groups (broad SMARTS) is 2. The summed E-state index contributed by atoms with van der Waals surface area (Å²) in [4.78, 5) is 53.9. The van der Waals surface area contributed by atoms with Gasteiger partial charge in [-0.1, -0.05) is 17.8 Å². The molecule has 178 valence electrons. The van der Waals surface area contributed by atoms with Gasteiger partial charge in [0.05, 0.1) is 23.9 Å². The highest BCUT2D eigenvalue weighted by Crippen LogP contribution is 2.41. The van der Waals surface area contributed by atoms with Crippen molar-refractivity contribution in [2.75, 3.05) is 17.2 Å². The standard InChI is InChI=1S/C18H17N7O6S3/c19-18-21-9(6-34-18)8(1-2-11(26)27)14(28)22-12-15(29)25-13(17(30)31)7(5-33-16(12)25)4-32-10-3-20-24-23-10/h1,3,6,12,16H,2,4-5H2,(H2,19,21)(H,22,28)(H,26,27)(H,30,31)(H,20,23,24)/t12-,16+/m1/s1. The first kappa shape index (κ1) is 23.8. The lowest BCUT2D eigenvalue weighted by atomic mass is 10.0. The molecule has 4 heterocycles. The molecule has 2 aromatic rings. The number of β-lactam (4-membered cyclic amide) rings is 1. The number of hydrogen-bond donors (Lipinski definition) is 5. The van der Waals surface area contributed by atoms with E-state index < -0.39 is 41.6 Å². The summed E-state index contributed by atoms with van der Waals surface area (Å²) in [6.45, 7) is 0. The average molecular weight is 524 g/mol. The summed E-state index contributed by atoms with van der Waals surface area (Å²) in [6, 6.07) is -0.971. The summed E-state index contributed by atoms with van der Waals surface area (Å²) in [6.07, 6.45) is 2.28. The first-order valence-electron chi connectivity index (χ1n) is 9.59. The Balaban J connectivity index is 1.50. The number of carbonyl (C=O) groups excluding carboxylic acids is 2. The van der Waals surface area contributed by atoms with Gasteiger partial charge < -0.3 is 21.3 Å². The predicted molar refractivity (Wildman–Crippen MR) is 124 cm³/mol. The van der Waals surface area contributed by atoms with Crippen LogP contribution in [0.2, 0.25) is 0 Å². The second-order valence-corrected chi connectivity index (χ2v) is 9.99. The minimum absolute atomic E-state index is 0.0267. The second kappa shape index (κ2) is 9.86. The number of aliphatic carboxylic acids is 2. The lowest BCUT2D eigenvalue weighted by molar-refractivity contribution is -0.150. The Morgan fingerprint density at radius 2 is 2.18 bits per heavy atom. The van der Waals surface area contributed by atoms with Crippen molar-refractivity contribution in [3.8, 4) is 0 Å². The quantitative estimate of drug-likeness (QED) is 0.170. The van der Waals surface area contributed by atoms with Gasteiger partial charge in [0.15, 0.2) is 5.13 Å². The van der Waals surface area contributed by atoms with Gasteiger partial charge in [0, 0.05) is 16.9 Å². The first-order valence-corrected chi connectivity index (χ1v) is 12.5. The summed E-state index contributed by atoms with van der Waals surface area (Å²) in [5.41, 5.74) is 6.24. The number of nitrogen functional groups attached to an aromatic ring is 1. The van der Waals surface area contributed by atoms with Crippen LogP contribution in [-0.4, -0.2) is 82.2 Å². The molecule has 13 nitrogen and oxygen atoms in total. The third-order valence-corrected chi connectivity index (χ3v) is 7.85. The number of hydrogen-bond acceptors (Lipinski definition) is 11. The Morgan fingerprint density at radius 1 is 1.38 bits per heavy atom. The zero-order chi connectivity index (χ0) is 24.4. The number of aromatic amines is 1. The highest BCUT2D eigenvalue weighted by Gasteiger charge is 2.54. The van der Waals surface area contributed by atoms with E-state index in [2.05, 4.69) is 25.7 Å². The van der Waals surface area contributed by atoms with Crippen LogP contribution in [0.25, 0.3) is 5.57 Å².